The second-order valence-electron chi connectivity index (χ2n) is 5.40. The average molecular weight is 326 g/mol. The maximum atomic E-state index is 12.1. The molecule has 0 unspecified atom stereocenters. The molecule has 2 N–H and O–H groups in total. The number of anilines is 1. The molecule has 2 rings (SSSR count). The van der Waals surface area contributed by atoms with Crippen molar-refractivity contribution in [3.63, 3.8) is 0 Å². The van der Waals surface area contributed by atoms with Crippen LogP contribution >= 0.6 is 0 Å². The number of benzene rings is 2. The van der Waals surface area contributed by atoms with Crippen LogP contribution in [0.25, 0.3) is 0 Å². The van der Waals surface area contributed by atoms with E-state index in [2.05, 4.69) is 10.6 Å². The number of hydrogen-bond acceptors (Lipinski definition) is 3. The van der Waals surface area contributed by atoms with E-state index in [0.29, 0.717) is 23.5 Å². The lowest BCUT2D eigenvalue weighted by Crippen LogP contribution is -2.27. The highest BCUT2D eigenvalue weighted by Gasteiger charge is 2.13. The fourth-order valence-electron chi connectivity index (χ4n) is 2.17. The first kappa shape index (κ1) is 17.5. The molecule has 0 saturated carbocycles. The smallest absolute Gasteiger partial charge is 0.262 e. The van der Waals surface area contributed by atoms with Crippen LogP contribution in [0.15, 0.2) is 48.5 Å². The number of nitrogens with one attached hydrogen (secondary N) is 2. The van der Waals surface area contributed by atoms with E-state index in [4.69, 9.17) is 4.74 Å². The highest BCUT2D eigenvalue weighted by molar-refractivity contribution is 6.04. The van der Waals surface area contributed by atoms with Crippen LogP contribution in [0.1, 0.15) is 29.3 Å². The summed E-state index contributed by atoms with van der Waals surface area (Å²) in [5.74, 6) is 0.156. The summed E-state index contributed by atoms with van der Waals surface area (Å²) in [6.07, 6.45) is 0.852. The van der Waals surface area contributed by atoms with E-state index in [1.165, 1.54) is 0 Å². The summed E-state index contributed by atoms with van der Waals surface area (Å²) in [6.45, 7) is 4.38. The van der Waals surface area contributed by atoms with Gasteiger partial charge in [0.25, 0.3) is 11.8 Å². The maximum absolute atomic E-state index is 12.1. The molecule has 2 aromatic rings. The molecule has 0 bridgehead atoms. The molecule has 2 amide bonds. The van der Waals surface area contributed by atoms with E-state index < -0.39 is 0 Å². The van der Waals surface area contributed by atoms with Gasteiger partial charge in [0.15, 0.2) is 6.61 Å². The molecule has 0 fully saturated rings. The number of carbonyl (C=O) groups excluding carboxylic acids is 2. The molecule has 24 heavy (non-hydrogen) atoms. The van der Waals surface area contributed by atoms with Crippen LogP contribution in [0.5, 0.6) is 5.75 Å². The Morgan fingerprint density at radius 2 is 1.75 bits per heavy atom. The van der Waals surface area contributed by atoms with Gasteiger partial charge < -0.3 is 15.4 Å². The predicted octanol–water partition coefficient (Wildman–Crippen LogP) is 3.15. The summed E-state index contributed by atoms with van der Waals surface area (Å²) < 4.78 is 5.52. The van der Waals surface area contributed by atoms with Gasteiger partial charge in [-0.15, -0.1) is 0 Å². The zero-order chi connectivity index (χ0) is 17.4. The highest BCUT2D eigenvalue weighted by Crippen LogP contribution is 2.17. The number of aryl methyl sites for hydroxylation is 1. The van der Waals surface area contributed by atoms with Crippen LogP contribution in [0.2, 0.25) is 0 Å². The van der Waals surface area contributed by atoms with Crippen molar-refractivity contribution in [2.24, 2.45) is 0 Å². The van der Waals surface area contributed by atoms with Gasteiger partial charge in [-0.05, 0) is 37.1 Å². The third kappa shape index (κ3) is 4.84. The van der Waals surface area contributed by atoms with Gasteiger partial charge in [-0.1, -0.05) is 37.3 Å². The molecular weight excluding hydrogens is 304 g/mol. The third-order valence-electron chi connectivity index (χ3n) is 3.43. The fourth-order valence-corrected chi connectivity index (χ4v) is 2.17. The molecular formula is C19H22N2O3. The lowest BCUT2D eigenvalue weighted by atomic mass is 10.1. The van der Waals surface area contributed by atoms with Gasteiger partial charge in [-0.2, -0.15) is 0 Å². The predicted molar refractivity (Wildman–Crippen MR) is 94.4 cm³/mol. The van der Waals surface area contributed by atoms with E-state index >= 15 is 0 Å². The van der Waals surface area contributed by atoms with Gasteiger partial charge in [-0.3, -0.25) is 9.59 Å². The molecule has 0 spiro atoms. The maximum Gasteiger partial charge on any atom is 0.262 e. The second kappa shape index (κ2) is 8.72. The Balaban J connectivity index is 1.99. The largest absolute Gasteiger partial charge is 0.483 e. The van der Waals surface area contributed by atoms with Crippen molar-refractivity contribution in [2.75, 3.05) is 18.5 Å². The molecule has 0 aromatic heterocycles. The van der Waals surface area contributed by atoms with Crippen molar-refractivity contribution in [1.82, 2.24) is 5.32 Å². The molecule has 5 nitrogen and oxygen atoms in total. The molecule has 0 aliphatic heterocycles. The number of amides is 2. The molecule has 0 aliphatic rings. The standard InChI is InChI=1S/C19H22N2O3/c1-3-12-20-19(23)15-9-5-6-10-16(15)21-18(22)13-24-17-11-7-4-8-14(17)2/h4-11H,3,12-13H2,1-2H3,(H,20,23)(H,21,22). The summed E-state index contributed by atoms with van der Waals surface area (Å²) in [5, 5.41) is 5.54. The summed E-state index contributed by atoms with van der Waals surface area (Å²) in [6, 6.07) is 14.4. The van der Waals surface area contributed by atoms with Gasteiger partial charge in [0.2, 0.25) is 0 Å². The molecule has 5 heteroatoms. The minimum absolute atomic E-state index is 0.115. The molecule has 126 valence electrons. The molecule has 0 saturated heterocycles. The van der Waals surface area contributed by atoms with Crippen LogP contribution in [-0.4, -0.2) is 25.0 Å². The molecule has 2 aromatic carbocycles. The summed E-state index contributed by atoms with van der Waals surface area (Å²) in [5.41, 5.74) is 1.88. The lowest BCUT2D eigenvalue weighted by molar-refractivity contribution is -0.118. The van der Waals surface area contributed by atoms with Gasteiger partial charge in [0, 0.05) is 6.54 Å². The Bertz CT molecular complexity index is 713. The van der Waals surface area contributed by atoms with Crippen LogP contribution in [-0.2, 0) is 4.79 Å². The number of para-hydroxylation sites is 2. The SMILES string of the molecule is CCCNC(=O)c1ccccc1NC(=O)COc1ccccc1C. The minimum atomic E-state index is -0.311. The zero-order valence-electron chi connectivity index (χ0n) is 14.0. The number of ether oxygens (including phenoxy) is 1. The Hall–Kier alpha value is -2.82. The van der Waals surface area contributed by atoms with Gasteiger partial charge in [-0.25, -0.2) is 0 Å². The molecule has 0 heterocycles. The third-order valence-corrected chi connectivity index (χ3v) is 3.43. The highest BCUT2D eigenvalue weighted by atomic mass is 16.5. The monoisotopic (exact) mass is 326 g/mol. The second-order valence-corrected chi connectivity index (χ2v) is 5.40. The van der Waals surface area contributed by atoms with Gasteiger partial charge in [0.05, 0.1) is 11.3 Å². The van der Waals surface area contributed by atoms with E-state index in [-0.39, 0.29) is 18.4 Å². The molecule has 0 radical (unpaired) electrons. The van der Waals surface area contributed by atoms with E-state index in [9.17, 15) is 9.59 Å². The number of hydrogen-bond donors (Lipinski definition) is 2. The lowest BCUT2D eigenvalue weighted by Gasteiger charge is -2.12. The van der Waals surface area contributed by atoms with Crippen molar-refractivity contribution < 1.29 is 14.3 Å². The Kier molecular flexibility index (Phi) is 6.37. The van der Waals surface area contributed by atoms with Crippen molar-refractivity contribution in [1.29, 1.82) is 0 Å². The summed E-state index contributed by atoms with van der Waals surface area (Å²) >= 11 is 0. The van der Waals surface area contributed by atoms with Gasteiger partial charge >= 0.3 is 0 Å². The Morgan fingerprint density at radius 1 is 1.04 bits per heavy atom. The average Bonchev–Trinajstić information content (AvgIpc) is 2.59. The first-order valence-electron chi connectivity index (χ1n) is 7.97. The van der Waals surface area contributed by atoms with E-state index in [1.54, 1.807) is 24.3 Å². The normalized spacial score (nSPS) is 10.1. The first-order chi connectivity index (χ1) is 11.6. The Morgan fingerprint density at radius 3 is 2.50 bits per heavy atom. The summed E-state index contributed by atoms with van der Waals surface area (Å²) in [7, 11) is 0. The van der Waals surface area contributed by atoms with E-state index in [0.717, 1.165) is 12.0 Å². The first-order valence-corrected chi connectivity index (χ1v) is 7.97. The number of carbonyl (C=O) groups is 2. The topological polar surface area (TPSA) is 67.4 Å². The van der Waals surface area contributed by atoms with Crippen molar-refractivity contribution in [2.45, 2.75) is 20.3 Å². The molecule has 0 aliphatic carbocycles. The summed E-state index contributed by atoms with van der Waals surface area (Å²) in [4.78, 5) is 24.3. The van der Waals surface area contributed by atoms with Crippen LogP contribution < -0.4 is 15.4 Å². The van der Waals surface area contributed by atoms with Crippen molar-refractivity contribution >= 4 is 17.5 Å². The minimum Gasteiger partial charge on any atom is -0.483 e. The fraction of sp³-hybridized carbons (Fsp3) is 0.263. The quantitative estimate of drug-likeness (QED) is 0.821. The van der Waals surface area contributed by atoms with E-state index in [1.807, 2.05) is 38.1 Å². The van der Waals surface area contributed by atoms with Crippen molar-refractivity contribution in [3.8, 4) is 5.75 Å². The molecule has 0 atom stereocenters. The zero-order valence-corrected chi connectivity index (χ0v) is 14.0. The van der Waals surface area contributed by atoms with Crippen LogP contribution in [0.4, 0.5) is 5.69 Å². The van der Waals surface area contributed by atoms with Gasteiger partial charge in [0.1, 0.15) is 5.75 Å². The Labute approximate surface area is 142 Å². The van der Waals surface area contributed by atoms with Crippen LogP contribution in [0, 0.1) is 6.92 Å². The van der Waals surface area contributed by atoms with Crippen LogP contribution in [0.3, 0.4) is 0 Å². The number of rotatable bonds is 7. The van der Waals surface area contributed by atoms with Crippen molar-refractivity contribution in [3.05, 3.63) is 59.7 Å².